The van der Waals surface area contributed by atoms with Crippen molar-refractivity contribution in [1.29, 1.82) is 0 Å². The number of hydrogen-bond donors (Lipinski definition) is 1. The number of carboxylic acids is 1. The maximum Gasteiger partial charge on any atom is 0.490 e. The Morgan fingerprint density at radius 2 is 1.87 bits per heavy atom. The predicted octanol–water partition coefficient (Wildman–Crippen LogP) is 2.19. The number of amides is 1. The van der Waals surface area contributed by atoms with Crippen LogP contribution in [0.3, 0.4) is 0 Å². The molecule has 0 bridgehead atoms. The number of carboxylic acid groups (broad SMARTS) is 1. The monoisotopic (exact) mass is 439 g/mol. The highest BCUT2D eigenvalue weighted by Gasteiger charge is 2.38. The molecule has 1 aliphatic carbocycles. The van der Waals surface area contributed by atoms with Gasteiger partial charge in [0.15, 0.2) is 11.6 Å². The Labute approximate surface area is 175 Å². The molecular weight excluding hydrogens is 419 g/mol. The van der Waals surface area contributed by atoms with Crippen LogP contribution < -0.4 is 4.74 Å². The van der Waals surface area contributed by atoms with Crippen molar-refractivity contribution in [1.82, 2.24) is 24.6 Å². The summed E-state index contributed by atoms with van der Waals surface area (Å²) >= 11 is 0. The van der Waals surface area contributed by atoms with E-state index in [0.717, 1.165) is 24.5 Å². The zero-order valence-corrected chi connectivity index (χ0v) is 16.3. The first-order valence-electron chi connectivity index (χ1n) is 9.44. The summed E-state index contributed by atoms with van der Waals surface area (Å²) in [5, 5.41) is 15.6. The van der Waals surface area contributed by atoms with Gasteiger partial charge in [-0.15, -0.1) is 10.2 Å². The molecule has 0 aromatic carbocycles. The van der Waals surface area contributed by atoms with Crippen LogP contribution in [-0.2, 0) is 29.3 Å². The van der Waals surface area contributed by atoms with Crippen LogP contribution in [0.25, 0.3) is 0 Å². The zero-order valence-electron chi connectivity index (χ0n) is 16.3. The smallest absolute Gasteiger partial charge is 0.475 e. The third kappa shape index (κ3) is 5.80. The van der Waals surface area contributed by atoms with E-state index in [4.69, 9.17) is 14.6 Å². The summed E-state index contributed by atoms with van der Waals surface area (Å²) in [6.07, 6.45) is 2.48. The minimum atomic E-state index is -5.08. The first kappa shape index (κ1) is 22.2. The Bertz CT molecular complexity index is 938. The number of alkyl halides is 3. The summed E-state index contributed by atoms with van der Waals surface area (Å²) in [7, 11) is 0. The molecule has 0 spiro atoms. The van der Waals surface area contributed by atoms with Crippen molar-refractivity contribution < 1.29 is 32.6 Å². The lowest BCUT2D eigenvalue weighted by molar-refractivity contribution is -0.192. The summed E-state index contributed by atoms with van der Waals surface area (Å²) in [5.41, 5.74) is 0. The summed E-state index contributed by atoms with van der Waals surface area (Å²) in [5.74, 6) is -0.277. The fraction of sp³-hybridized carbons (Fsp3) is 0.421. The molecule has 2 aromatic rings. The maximum absolute atomic E-state index is 12.5. The first-order chi connectivity index (χ1) is 14.8. The topological polar surface area (TPSA) is 110 Å². The molecule has 2 aliphatic rings. The van der Waals surface area contributed by atoms with Crippen molar-refractivity contribution >= 4 is 11.9 Å². The van der Waals surface area contributed by atoms with E-state index in [1.54, 1.807) is 6.20 Å². The molecule has 166 valence electrons. The van der Waals surface area contributed by atoms with Crippen LogP contribution in [0.4, 0.5) is 13.2 Å². The number of carbonyl (C=O) groups is 2. The summed E-state index contributed by atoms with van der Waals surface area (Å²) < 4.78 is 39.4. The highest BCUT2D eigenvalue weighted by Crippen LogP contribution is 2.23. The number of halogens is 3. The van der Waals surface area contributed by atoms with Crippen molar-refractivity contribution in [3.8, 4) is 5.88 Å². The van der Waals surface area contributed by atoms with E-state index in [-0.39, 0.29) is 11.8 Å². The SMILES string of the molecule is O=C(C1CC=CC1)N1CCn2c(COc3ccccn3)nnc2C1.O=C(O)C(F)(F)F. The van der Waals surface area contributed by atoms with Crippen molar-refractivity contribution in [2.45, 2.75) is 38.7 Å². The molecule has 2 aromatic heterocycles. The largest absolute Gasteiger partial charge is 0.490 e. The molecule has 0 radical (unpaired) electrons. The number of hydrogen-bond acceptors (Lipinski definition) is 6. The number of fused-ring (bicyclic) bond motifs is 1. The number of carbonyl (C=O) groups excluding carboxylic acids is 1. The number of aliphatic carboxylic acids is 1. The molecule has 1 amide bonds. The van der Waals surface area contributed by atoms with E-state index >= 15 is 0 Å². The highest BCUT2D eigenvalue weighted by molar-refractivity contribution is 5.79. The standard InChI is InChI=1S/C17H19N5O2.C2HF3O2/c23-17(13-5-1-2-6-13)21-9-10-22-14(11-21)19-20-15(22)12-24-16-7-3-4-8-18-16;3-2(4,5)1(6)7/h1-4,7-8,13H,5-6,9-12H2;(H,6,7). The first-order valence-corrected chi connectivity index (χ1v) is 9.44. The second kappa shape index (κ2) is 9.58. The van der Waals surface area contributed by atoms with Gasteiger partial charge in [0.25, 0.3) is 0 Å². The zero-order chi connectivity index (χ0) is 22.4. The van der Waals surface area contributed by atoms with Gasteiger partial charge in [-0.05, 0) is 18.9 Å². The lowest BCUT2D eigenvalue weighted by Gasteiger charge is -2.29. The lowest BCUT2D eigenvalue weighted by Crippen LogP contribution is -2.41. The van der Waals surface area contributed by atoms with Gasteiger partial charge in [-0.3, -0.25) is 4.79 Å². The molecule has 0 saturated carbocycles. The number of rotatable bonds is 4. The van der Waals surface area contributed by atoms with Crippen LogP contribution >= 0.6 is 0 Å². The average Bonchev–Trinajstić information content (AvgIpc) is 3.42. The van der Waals surface area contributed by atoms with Crippen molar-refractivity contribution in [3.63, 3.8) is 0 Å². The third-order valence-corrected chi connectivity index (χ3v) is 4.73. The van der Waals surface area contributed by atoms with Crippen molar-refractivity contribution in [3.05, 3.63) is 48.2 Å². The Morgan fingerprint density at radius 1 is 1.16 bits per heavy atom. The van der Waals surface area contributed by atoms with Gasteiger partial charge in [0.2, 0.25) is 11.8 Å². The Balaban J connectivity index is 0.000000339. The van der Waals surface area contributed by atoms with E-state index in [1.807, 2.05) is 27.7 Å². The Kier molecular flexibility index (Phi) is 6.88. The molecule has 4 rings (SSSR count). The third-order valence-electron chi connectivity index (χ3n) is 4.73. The molecule has 3 heterocycles. The lowest BCUT2D eigenvalue weighted by atomic mass is 10.1. The second-order valence-electron chi connectivity index (χ2n) is 6.84. The van der Waals surface area contributed by atoms with E-state index in [2.05, 4.69) is 27.3 Å². The summed E-state index contributed by atoms with van der Waals surface area (Å²) in [4.78, 5) is 27.4. The summed E-state index contributed by atoms with van der Waals surface area (Å²) in [6.45, 7) is 2.24. The summed E-state index contributed by atoms with van der Waals surface area (Å²) in [6, 6.07) is 5.53. The number of aromatic nitrogens is 4. The molecular formula is C19H20F3N5O4. The number of allylic oxidation sites excluding steroid dienone is 2. The highest BCUT2D eigenvalue weighted by atomic mass is 19.4. The quantitative estimate of drug-likeness (QED) is 0.727. The average molecular weight is 439 g/mol. The number of ether oxygens (including phenoxy) is 1. The van der Waals surface area contributed by atoms with E-state index in [1.165, 1.54) is 0 Å². The van der Waals surface area contributed by atoms with Crippen molar-refractivity contribution in [2.24, 2.45) is 5.92 Å². The fourth-order valence-corrected chi connectivity index (χ4v) is 3.16. The second-order valence-corrected chi connectivity index (χ2v) is 6.84. The van der Waals surface area contributed by atoms with E-state index < -0.39 is 12.1 Å². The molecule has 31 heavy (non-hydrogen) atoms. The van der Waals surface area contributed by atoms with Crippen LogP contribution in [0.5, 0.6) is 5.88 Å². The normalized spacial score (nSPS) is 15.8. The molecule has 12 heteroatoms. The van der Waals surface area contributed by atoms with Gasteiger partial charge in [-0.2, -0.15) is 13.2 Å². The predicted molar refractivity (Wildman–Crippen MR) is 99.6 cm³/mol. The van der Waals surface area contributed by atoms with Gasteiger partial charge in [-0.1, -0.05) is 18.2 Å². The van der Waals surface area contributed by atoms with Crippen LogP contribution in [-0.4, -0.2) is 54.4 Å². The van der Waals surface area contributed by atoms with Crippen molar-refractivity contribution in [2.75, 3.05) is 6.54 Å². The molecule has 1 N–H and O–H groups in total. The minimum absolute atomic E-state index is 0.103. The number of pyridine rings is 1. The molecule has 9 nitrogen and oxygen atoms in total. The van der Waals surface area contributed by atoms with Crippen LogP contribution in [0.2, 0.25) is 0 Å². The minimum Gasteiger partial charge on any atom is -0.475 e. The Hall–Kier alpha value is -3.44. The van der Waals surface area contributed by atoms with Gasteiger partial charge in [0.1, 0.15) is 6.61 Å². The Morgan fingerprint density at radius 3 is 2.48 bits per heavy atom. The van der Waals surface area contributed by atoms with E-state index in [9.17, 15) is 18.0 Å². The molecule has 0 fully saturated rings. The van der Waals surface area contributed by atoms with Crippen LogP contribution in [0.15, 0.2) is 36.5 Å². The maximum atomic E-state index is 12.5. The van der Waals surface area contributed by atoms with Crippen LogP contribution in [0.1, 0.15) is 24.5 Å². The van der Waals surface area contributed by atoms with Gasteiger partial charge < -0.3 is 19.3 Å². The molecule has 1 aliphatic heterocycles. The van der Waals surface area contributed by atoms with Gasteiger partial charge >= 0.3 is 12.1 Å². The fourth-order valence-electron chi connectivity index (χ4n) is 3.16. The van der Waals surface area contributed by atoms with Gasteiger partial charge in [0, 0.05) is 31.3 Å². The molecule has 0 saturated heterocycles. The molecule has 0 atom stereocenters. The van der Waals surface area contributed by atoms with E-state index in [0.29, 0.717) is 32.1 Å². The van der Waals surface area contributed by atoms with Gasteiger partial charge in [0.05, 0.1) is 6.54 Å². The van der Waals surface area contributed by atoms with Gasteiger partial charge in [-0.25, -0.2) is 9.78 Å². The number of nitrogens with zero attached hydrogens (tertiary/aromatic N) is 5. The molecule has 0 unspecified atom stereocenters. The van der Waals surface area contributed by atoms with Crippen LogP contribution in [0, 0.1) is 5.92 Å².